The molecule has 6 nitrogen and oxygen atoms in total. The Hall–Kier alpha value is -4.03. The third-order valence-corrected chi connectivity index (χ3v) is 6.82. The minimum atomic E-state index is -4.03. The second-order valence-electron chi connectivity index (χ2n) is 7.25. The predicted molar refractivity (Wildman–Crippen MR) is 117 cm³/mol. The normalized spacial score (nSPS) is 11.3. The molecule has 0 saturated carbocycles. The molecule has 3 aromatic carbocycles. The molecular formula is C24H16F2N2O4S. The Bertz CT molecular complexity index is 1540. The molecule has 0 saturated heterocycles. The molecule has 33 heavy (non-hydrogen) atoms. The van der Waals surface area contributed by atoms with Gasteiger partial charge in [-0.3, -0.25) is 0 Å². The van der Waals surface area contributed by atoms with Gasteiger partial charge in [-0.1, -0.05) is 17.7 Å². The number of ether oxygens (including phenoxy) is 1. The molecule has 4 rings (SSSR count). The second kappa shape index (κ2) is 8.48. The lowest BCUT2D eigenvalue weighted by atomic mass is 10.1. The summed E-state index contributed by atoms with van der Waals surface area (Å²) in [5.41, 5.74) is 0.754. The Kier molecular flexibility index (Phi) is 5.70. The van der Waals surface area contributed by atoms with Crippen LogP contribution in [0.15, 0.2) is 65.7 Å². The fraction of sp³-hybridized carbons (Fsp3) is 0.0833. The molecule has 0 aliphatic rings. The lowest BCUT2D eigenvalue weighted by Crippen LogP contribution is -2.12. The summed E-state index contributed by atoms with van der Waals surface area (Å²) in [7, 11) is -4.03. The summed E-state index contributed by atoms with van der Waals surface area (Å²) >= 11 is 0. The number of nitriles is 1. The zero-order valence-corrected chi connectivity index (χ0v) is 18.1. The first-order valence-corrected chi connectivity index (χ1v) is 11.2. The highest BCUT2D eigenvalue weighted by Gasteiger charge is 2.24. The van der Waals surface area contributed by atoms with Gasteiger partial charge in [-0.05, 0) is 37.3 Å². The number of aldehydes is 1. The Balaban J connectivity index is 1.87. The van der Waals surface area contributed by atoms with Crippen LogP contribution in [0.25, 0.3) is 10.9 Å². The highest BCUT2D eigenvalue weighted by molar-refractivity contribution is 7.90. The Labute approximate surface area is 188 Å². The monoisotopic (exact) mass is 466 g/mol. The summed E-state index contributed by atoms with van der Waals surface area (Å²) in [4.78, 5) is 11.4. The van der Waals surface area contributed by atoms with Gasteiger partial charge in [0, 0.05) is 35.7 Å². The van der Waals surface area contributed by atoms with E-state index in [1.807, 2.05) is 6.92 Å². The SMILES string of the molecule is Cc1ccc(S(=O)(=O)n2ccc3c(CC=O)c(Oc4ccc(F)c(C#N)c4)c(F)cc32)cc1. The molecule has 0 unspecified atom stereocenters. The molecule has 0 fully saturated rings. The highest BCUT2D eigenvalue weighted by Crippen LogP contribution is 2.36. The van der Waals surface area contributed by atoms with E-state index < -0.39 is 21.7 Å². The van der Waals surface area contributed by atoms with Gasteiger partial charge in [-0.15, -0.1) is 0 Å². The van der Waals surface area contributed by atoms with Crippen molar-refractivity contribution in [2.75, 3.05) is 0 Å². The topological polar surface area (TPSA) is 89.2 Å². The maximum absolute atomic E-state index is 15.2. The first kappa shape index (κ1) is 22.2. The van der Waals surface area contributed by atoms with Gasteiger partial charge in [-0.25, -0.2) is 21.2 Å². The van der Waals surface area contributed by atoms with Crippen LogP contribution in [0.5, 0.6) is 11.5 Å². The van der Waals surface area contributed by atoms with Crippen LogP contribution >= 0.6 is 0 Å². The van der Waals surface area contributed by atoms with Gasteiger partial charge in [0.25, 0.3) is 10.0 Å². The van der Waals surface area contributed by atoms with Gasteiger partial charge >= 0.3 is 0 Å². The standard InChI is InChI=1S/C24H16F2N2O4S/c1-15-2-5-18(6-3-15)33(30,31)28-10-8-19-20(9-11-29)24(22(26)13-23(19)28)32-17-4-7-21(25)16(12-17)14-27/h2-8,10-13H,9H2,1H3. The van der Waals surface area contributed by atoms with E-state index in [1.54, 1.807) is 18.2 Å². The predicted octanol–water partition coefficient (Wildman–Crippen LogP) is 4.87. The summed E-state index contributed by atoms with van der Waals surface area (Å²) in [5.74, 6) is -1.99. The van der Waals surface area contributed by atoms with Crippen molar-refractivity contribution in [3.05, 3.63) is 89.1 Å². The Morgan fingerprint density at radius 2 is 1.79 bits per heavy atom. The number of fused-ring (bicyclic) bond motifs is 1. The maximum atomic E-state index is 15.2. The quantitative estimate of drug-likeness (QED) is 0.378. The van der Waals surface area contributed by atoms with Crippen molar-refractivity contribution in [3.63, 3.8) is 0 Å². The summed E-state index contributed by atoms with van der Waals surface area (Å²) in [6.07, 6.45) is 1.56. The number of benzene rings is 3. The summed E-state index contributed by atoms with van der Waals surface area (Å²) < 4.78 is 61.6. The average molecular weight is 466 g/mol. The zero-order chi connectivity index (χ0) is 23.8. The highest BCUT2D eigenvalue weighted by atomic mass is 32.2. The minimum Gasteiger partial charge on any atom is -0.454 e. The van der Waals surface area contributed by atoms with Crippen LogP contribution in [0.2, 0.25) is 0 Å². The van der Waals surface area contributed by atoms with Gasteiger partial charge in [0.2, 0.25) is 0 Å². The van der Waals surface area contributed by atoms with Crippen molar-refractivity contribution in [1.29, 1.82) is 5.26 Å². The van der Waals surface area contributed by atoms with Gasteiger partial charge in [0.1, 0.15) is 23.9 Å². The molecule has 0 bridgehead atoms. The van der Waals surface area contributed by atoms with Crippen LogP contribution in [-0.2, 0) is 21.2 Å². The first-order valence-electron chi connectivity index (χ1n) is 9.72. The number of rotatable bonds is 6. The fourth-order valence-electron chi connectivity index (χ4n) is 3.48. The van der Waals surface area contributed by atoms with E-state index in [9.17, 15) is 17.6 Å². The van der Waals surface area contributed by atoms with Crippen LogP contribution < -0.4 is 4.74 Å². The third-order valence-electron chi connectivity index (χ3n) is 5.11. The Morgan fingerprint density at radius 1 is 1.06 bits per heavy atom. The summed E-state index contributed by atoms with van der Waals surface area (Å²) in [5, 5.41) is 9.31. The number of carbonyl (C=O) groups excluding carboxylic acids is 1. The second-order valence-corrected chi connectivity index (χ2v) is 9.07. The molecule has 0 aliphatic heterocycles. The van der Waals surface area contributed by atoms with E-state index >= 15 is 4.39 Å². The van der Waals surface area contributed by atoms with Crippen molar-refractivity contribution in [2.45, 2.75) is 18.2 Å². The van der Waals surface area contributed by atoms with Crippen molar-refractivity contribution < 1.29 is 26.7 Å². The molecule has 0 radical (unpaired) electrons. The minimum absolute atomic E-state index is 0.00921. The van der Waals surface area contributed by atoms with E-state index in [4.69, 9.17) is 10.00 Å². The summed E-state index contributed by atoms with van der Waals surface area (Å²) in [6, 6.07) is 13.7. The molecule has 4 aromatic rings. The number of hydrogen-bond donors (Lipinski definition) is 0. The lowest BCUT2D eigenvalue weighted by molar-refractivity contribution is -0.107. The molecule has 1 heterocycles. The fourth-order valence-corrected chi connectivity index (χ4v) is 4.81. The van der Waals surface area contributed by atoms with Crippen LogP contribution in [0, 0.1) is 29.9 Å². The zero-order valence-electron chi connectivity index (χ0n) is 17.2. The van der Waals surface area contributed by atoms with E-state index in [0.29, 0.717) is 11.7 Å². The van der Waals surface area contributed by atoms with Crippen LogP contribution in [-0.4, -0.2) is 18.7 Å². The molecule has 0 amide bonds. The number of carbonyl (C=O) groups is 1. The van der Waals surface area contributed by atoms with Gasteiger partial charge in [0.15, 0.2) is 11.6 Å². The van der Waals surface area contributed by atoms with Crippen LogP contribution in [0.1, 0.15) is 16.7 Å². The van der Waals surface area contributed by atoms with E-state index in [0.717, 1.165) is 27.7 Å². The van der Waals surface area contributed by atoms with Crippen LogP contribution in [0.4, 0.5) is 8.78 Å². The largest absolute Gasteiger partial charge is 0.454 e. The number of halogens is 2. The third kappa shape index (κ3) is 3.97. The lowest BCUT2D eigenvalue weighted by Gasteiger charge is -2.14. The molecule has 0 atom stereocenters. The molecule has 0 spiro atoms. The number of nitrogens with zero attached hydrogens (tertiary/aromatic N) is 2. The number of aryl methyl sites for hydroxylation is 1. The number of aromatic nitrogens is 1. The van der Waals surface area contributed by atoms with Gasteiger partial charge in [0.05, 0.1) is 16.0 Å². The smallest absolute Gasteiger partial charge is 0.268 e. The molecule has 0 aliphatic carbocycles. The molecule has 1 aromatic heterocycles. The number of hydrogen-bond acceptors (Lipinski definition) is 5. The first-order chi connectivity index (χ1) is 15.8. The summed E-state index contributed by atoms with van der Waals surface area (Å²) in [6.45, 7) is 1.82. The Morgan fingerprint density at radius 3 is 2.45 bits per heavy atom. The van der Waals surface area contributed by atoms with Crippen LogP contribution in [0.3, 0.4) is 0 Å². The molecule has 0 N–H and O–H groups in total. The van der Waals surface area contributed by atoms with E-state index in [1.165, 1.54) is 30.5 Å². The van der Waals surface area contributed by atoms with Crippen molar-refractivity contribution in [1.82, 2.24) is 3.97 Å². The van der Waals surface area contributed by atoms with E-state index in [-0.39, 0.29) is 39.5 Å². The molecule has 166 valence electrons. The van der Waals surface area contributed by atoms with Gasteiger partial charge < -0.3 is 9.53 Å². The molecular weight excluding hydrogens is 450 g/mol. The van der Waals surface area contributed by atoms with E-state index in [2.05, 4.69) is 0 Å². The van der Waals surface area contributed by atoms with Crippen molar-refractivity contribution >= 4 is 27.2 Å². The van der Waals surface area contributed by atoms with Crippen molar-refractivity contribution in [3.8, 4) is 17.6 Å². The molecule has 9 heteroatoms. The maximum Gasteiger partial charge on any atom is 0.268 e. The van der Waals surface area contributed by atoms with Gasteiger partial charge in [-0.2, -0.15) is 5.26 Å². The van der Waals surface area contributed by atoms with Crippen molar-refractivity contribution in [2.24, 2.45) is 0 Å². The average Bonchev–Trinajstić information content (AvgIpc) is 3.22.